The Morgan fingerprint density at radius 2 is 1.95 bits per heavy atom. The molecule has 1 aromatic carbocycles. The SMILES string of the molecule is CN1C(=O)N(c2ccc(CN)cc2)CC1C1CCC1. The van der Waals surface area contributed by atoms with Gasteiger partial charge in [-0.15, -0.1) is 0 Å². The van der Waals surface area contributed by atoms with Gasteiger partial charge in [0.05, 0.1) is 6.04 Å². The van der Waals surface area contributed by atoms with E-state index in [0.29, 0.717) is 18.5 Å². The molecule has 2 amide bonds. The minimum Gasteiger partial charge on any atom is -0.326 e. The average molecular weight is 259 g/mol. The zero-order chi connectivity index (χ0) is 13.4. The number of carbonyl (C=O) groups excluding carboxylic acids is 1. The van der Waals surface area contributed by atoms with Crippen molar-refractivity contribution in [1.29, 1.82) is 0 Å². The molecule has 2 N–H and O–H groups in total. The highest BCUT2D eigenvalue weighted by atomic mass is 16.2. The number of hydrogen-bond donors (Lipinski definition) is 1. The second-order valence-corrected chi connectivity index (χ2v) is 5.63. The minimum absolute atomic E-state index is 0.123. The maximum absolute atomic E-state index is 12.3. The summed E-state index contributed by atoms with van der Waals surface area (Å²) in [5.74, 6) is 0.697. The van der Waals surface area contributed by atoms with Crippen molar-refractivity contribution in [3.05, 3.63) is 29.8 Å². The highest BCUT2D eigenvalue weighted by Crippen LogP contribution is 2.36. The van der Waals surface area contributed by atoms with Crippen molar-refractivity contribution >= 4 is 11.7 Å². The summed E-state index contributed by atoms with van der Waals surface area (Å²) in [6.07, 6.45) is 3.85. The molecule has 1 aliphatic heterocycles. The molecule has 102 valence electrons. The lowest BCUT2D eigenvalue weighted by Gasteiger charge is -2.33. The molecule has 2 fully saturated rings. The van der Waals surface area contributed by atoms with Gasteiger partial charge in [0.1, 0.15) is 0 Å². The third kappa shape index (κ3) is 2.10. The normalized spacial score (nSPS) is 23.9. The first-order valence-corrected chi connectivity index (χ1v) is 7.04. The van der Waals surface area contributed by atoms with Gasteiger partial charge in [-0.1, -0.05) is 18.6 Å². The number of rotatable bonds is 3. The molecule has 2 aliphatic rings. The van der Waals surface area contributed by atoms with Crippen LogP contribution in [-0.4, -0.2) is 30.6 Å². The first-order valence-electron chi connectivity index (χ1n) is 7.04. The van der Waals surface area contributed by atoms with Gasteiger partial charge in [-0.2, -0.15) is 0 Å². The Morgan fingerprint density at radius 1 is 1.26 bits per heavy atom. The van der Waals surface area contributed by atoms with Crippen LogP contribution in [0, 0.1) is 5.92 Å². The van der Waals surface area contributed by atoms with Crippen LogP contribution < -0.4 is 10.6 Å². The lowest BCUT2D eigenvalue weighted by molar-refractivity contribution is 0.164. The van der Waals surface area contributed by atoms with Gasteiger partial charge in [-0.05, 0) is 36.5 Å². The van der Waals surface area contributed by atoms with Crippen LogP contribution in [0.2, 0.25) is 0 Å². The molecule has 4 heteroatoms. The summed E-state index contributed by atoms with van der Waals surface area (Å²) in [6, 6.07) is 8.50. The molecule has 1 unspecified atom stereocenters. The van der Waals surface area contributed by atoms with E-state index >= 15 is 0 Å². The number of nitrogens with zero attached hydrogens (tertiary/aromatic N) is 2. The molecule has 0 radical (unpaired) electrons. The molecule has 1 aromatic rings. The van der Waals surface area contributed by atoms with E-state index in [4.69, 9.17) is 5.73 Å². The minimum atomic E-state index is 0.123. The van der Waals surface area contributed by atoms with Crippen molar-refractivity contribution < 1.29 is 4.79 Å². The van der Waals surface area contributed by atoms with Crippen LogP contribution in [0.4, 0.5) is 10.5 Å². The number of carbonyl (C=O) groups is 1. The Labute approximate surface area is 114 Å². The zero-order valence-corrected chi connectivity index (χ0v) is 11.4. The lowest BCUT2D eigenvalue weighted by atomic mass is 9.79. The molecule has 1 aliphatic carbocycles. The van der Waals surface area contributed by atoms with Crippen LogP contribution in [0.5, 0.6) is 0 Å². The van der Waals surface area contributed by atoms with Crippen molar-refractivity contribution in [1.82, 2.24) is 4.90 Å². The van der Waals surface area contributed by atoms with Gasteiger partial charge in [0.2, 0.25) is 0 Å². The molecule has 19 heavy (non-hydrogen) atoms. The molecule has 1 atom stereocenters. The monoisotopic (exact) mass is 259 g/mol. The van der Waals surface area contributed by atoms with Gasteiger partial charge in [0.15, 0.2) is 0 Å². The number of hydrogen-bond acceptors (Lipinski definition) is 2. The maximum atomic E-state index is 12.3. The van der Waals surface area contributed by atoms with Gasteiger partial charge in [-0.3, -0.25) is 4.90 Å². The van der Waals surface area contributed by atoms with Crippen LogP contribution in [0.1, 0.15) is 24.8 Å². The number of urea groups is 1. The first-order chi connectivity index (χ1) is 9.20. The van der Waals surface area contributed by atoms with Crippen molar-refractivity contribution in [2.45, 2.75) is 31.8 Å². The molecule has 1 saturated carbocycles. The Balaban J connectivity index is 1.78. The number of likely N-dealkylation sites (N-methyl/N-ethyl adjacent to an activating group) is 1. The number of anilines is 1. The Kier molecular flexibility index (Phi) is 3.19. The Hall–Kier alpha value is -1.55. The van der Waals surface area contributed by atoms with Gasteiger partial charge in [0, 0.05) is 25.8 Å². The first kappa shape index (κ1) is 12.5. The molecule has 0 aromatic heterocycles. The fraction of sp³-hybridized carbons (Fsp3) is 0.533. The predicted octanol–water partition coefficient (Wildman–Crippen LogP) is 2.19. The summed E-state index contributed by atoms with van der Waals surface area (Å²) in [5.41, 5.74) is 7.68. The number of amides is 2. The summed E-state index contributed by atoms with van der Waals surface area (Å²) in [5, 5.41) is 0. The van der Waals surface area contributed by atoms with E-state index < -0.39 is 0 Å². The highest BCUT2D eigenvalue weighted by molar-refractivity contribution is 5.94. The van der Waals surface area contributed by atoms with Crippen LogP contribution in [0.3, 0.4) is 0 Å². The van der Waals surface area contributed by atoms with E-state index in [1.54, 1.807) is 0 Å². The number of benzene rings is 1. The summed E-state index contributed by atoms with van der Waals surface area (Å²) in [7, 11) is 1.93. The van der Waals surface area contributed by atoms with E-state index in [1.165, 1.54) is 19.3 Å². The van der Waals surface area contributed by atoms with Gasteiger partial charge in [0.25, 0.3) is 0 Å². The maximum Gasteiger partial charge on any atom is 0.324 e. The smallest absolute Gasteiger partial charge is 0.324 e. The van der Waals surface area contributed by atoms with Crippen molar-refractivity contribution in [3.8, 4) is 0 Å². The van der Waals surface area contributed by atoms with Crippen LogP contribution >= 0.6 is 0 Å². The molecular formula is C15H21N3O. The Morgan fingerprint density at radius 3 is 2.47 bits per heavy atom. The zero-order valence-electron chi connectivity index (χ0n) is 11.4. The molecular weight excluding hydrogens is 238 g/mol. The quantitative estimate of drug-likeness (QED) is 0.904. The van der Waals surface area contributed by atoms with Crippen LogP contribution in [0.25, 0.3) is 0 Å². The summed E-state index contributed by atoms with van der Waals surface area (Å²) >= 11 is 0. The molecule has 4 nitrogen and oxygen atoms in total. The van der Waals surface area contributed by atoms with E-state index in [9.17, 15) is 4.79 Å². The lowest BCUT2D eigenvalue weighted by Crippen LogP contribution is -2.39. The van der Waals surface area contributed by atoms with Crippen molar-refractivity contribution in [2.75, 3.05) is 18.5 Å². The third-order valence-electron chi connectivity index (χ3n) is 4.58. The third-order valence-corrected chi connectivity index (χ3v) is 4.58. The summed E-state index contributed by atoms with van der Waals surface area (Å²) < 4.78 is 0. The fourth-order valence-electron chi connectivity index (χ4n) is 3.04. The van der Waals surface area contributed by atoms with E-state index in [-0.39, 0.29) is 6.03 Å². The largest absolute Gasteiger partial charge is 0.326 e. The highest BCUT2D eigenvalue weighted by Gasteiger charge is 2.41. The fourth-order valence-corrected chi connectivity index (χ4v) is 3.04. The average Bonchev–Trinajstić information content (AvgIpc) is 2.66. The van der Waals surface area contributed by atoms with Crippen LogP contribution in [-0.2, 0) is 6.54 Å². The summed E-state index contributed by atoms with van der Waals surface area (Å²) in [4.78, 5) is 16.2. The molecule has 1 heterocycles. The van der Waals surface area contributed by atoms with E-state index in [2.05, 4.69) is 0 Å². The van der Waals surface area contributed by atoms with Gasteiger partial charge >= 0.3 is 6.03 Å². The second kappa shape index (κ2) is 4.85. The summed E-state index contributed by atoms with van der Waals surface area (Å²) in [6.45, 7) is 1.36. The molecule has 0 bridgehead atoms. The van der Waals surface area contributed by atoms with Crippen LogP contribution in [0.15, 0.2) is 24.3 Å². The predicted molar refractivity (Wildman–Crippen MR) is 76.0 cm³/mol. The van der Waals surface area contributed by atoms with Crippen molar-refractivity contribution in [2.24, 2.45) is 11.7 Å². The van der Waals surface area contributed by atoms with E-state index in [1.807, 2.05) is 41.1 Å². The Bertz CT molecular complexity index is 467. The molecule has 3 rings (SSSR count). The standard InChI is InChI=1S/C15H21N3O/c1-17-14(12-3-2-4-12)10-18(15(17)19)13-7-5-11(9-16)6-8-13/h5-8,12,14H,2-4,9-10,16H2,1H3. The second-order valence-electron chi connectivity index (χ2n) is 5.63. The topological polar surface area (TPSA) is 49.6 Å². The molecule has 0 spiro atoms. The van der Waals surface area contributed by atoms with E-state index in [0.717, 1.165) is 17.8 Å². The van der Waals surface area contributed by atoms with Gasteiger partial charge in [-0.25, -0.2) is 4.79 Å². The van der Waals surface area contributed by atoms with Gasteiger partial charge < -0.3 is 10.6 Å². The van der Waals surface area contributed by atoms with Crippen molar-refractivity contribution in [3.63, 3.8) is 0 Å². The molecule has 1 saturated heterocycles. The number of nitrogens with two attached hydrogens (primary N) is 1.